The molecule has 0 saturated carbocycles. The topological polar surface area (TPSA) is 58.1 Å². The minimum atomic E-state index is -0.0471. The molecular weight excluding hydrogens is 336 g/mol. The third kappa shape index (κ3) is 4.14. The van der Waals surface area contributed by atoms with Gasteiger partial charge in [-0.25, -0.2) is 9.97 Å². The zero-order valence-corrected chi connectivity index (χ0v) is 15.1. The molecule has 5 nitrogen and oxygen atoms in total. The Labute approximate surface area is 159 Å². The van der Waals surface area contributed by atoms with Crippen LogP contribution in [-0.4, -0.2) is 29.0 Å². The Balaban J connectivity index is 1.47. The van der Waals surface area contributed by atoms with Gasteiger partial charge in [-0.05, 0) is 25.0 Å². The summed E-state index contributed by atoms with van der Waals surface area (Å²) >= 11 is 0. The summed E-state index contributed by atoms with van der Waals surface area (Å²) in [7, 11) is 0. The van der Waals surface area contributed by atoms with Gasteiger partial charge in [-0.15, -0.1) is 0 Å². The smallest absolute Gasteiger partial charge is 0.229 e. The average Bonchev–Trinajstić information content (AvgIpc) is 2.75. The minimum Gasteiger partial charge on any atom is -0.356 e. The fourth-order valence-corrected chi connectivity index (χ4v) is 3.45. The molecule has 0 bridgehead atoms. The van der Waals surface area contributed by atoms with Gasteiger partial charge in [0.05, 0.1) is 11.6 Å². The summed E-state index contributed by atoms with van der Waals surface area (Å²) in [6.07, 6.45) is 3.47. The molecule has 4 rings (SSSR count). The molecule has 1 aromatic heterocycles. The van der Waals surface area contributed by atoms with Crippen LogP contribution in [0.2, 0.25) is 0 Å². The number of carbonyl (C=O) groups excluding carboxylic acids is 1. The lowest BCUT2D eigenvalue weighted by Gasteiger charge is -2.33. The molecule has 1 unspecified atom stereocenters. The number of nitrogens with one attached hydrogen (secondary N) is 1. The standard InChI is InChI=1S/C22H22N4O/c27-22(25-19-11-5-2-6-12-19)18-10-7-13-26(15-18)21-14-20(23-16-24-21)17-8-3-1-4-9-17/h1-6,8-9,11-12,14,16,18H,7,10,13,15H2,(H,25,27). The first-order valence-electron chi connectivity index (χ1n) is 9.28. The van der Waals surface area contributed by atoms with Gasteiger partial charge in [0.15, 0.2) is 0 Å². The van der Waals surface area contributed by atoms with E-state index in [9.17, 15) is 4.79 Å². The number of rotatable bonds is 4. The van der Waals surface area contributed by atoms with Crippen LogP contribution in [0.1, 0.15) is 12.8 Å². The monoisotopic (exact) mass is 358 g/mol. The molecule has 136 valence electrons. The molecule has 1 aliphatic rings. The highest BCUT2D eigenvalue weighted by molar-refractivity contribution is 5.93. The van der Waals surface area contributed by atoms with Gasteiger partial charge in [0.25, 0.3) is 0 Å². The van der Waals surface area contributed by atoms with E-state index in [1.54, 1.807) is 6.33 Å². The fraction of sp³-hybridized carbons (Fsp3) is 0.227. The summed E-state index contributed by atoms with van der Waals surface area (Å²) in [6.45, 7) is 1.57. The van der Waals surface area contributed by atoms with Crippen molar-refractivity contribution < 1.29 is 4.79 Å². The van der Waals surface area contributed by atoms with Gasteiger partial charge in [-0.3, -0.25) is 4.79 Å². The summed E-state index contributed by atoms with van der Waals surface area (Å²) < 4.78 is 0. The van der Waals surface area contributed by atoms with E-state index in [1.807, 2.05) is 66.7 Å². The number of piperidine rings is 1. The third-order valence-electron chi connectivity index (χ3n) is 4.88. The molecule has 1 atom stereocenters. The van der Waals surface area contributed by atoms with Gasteiger partial charge in [0.1, 0.15) is 12.1 Å². The van der Waals surface area contributed by atoms with E-state index in [-0.39, 0.29) is 11.8 Å². The molecule has 2 aromatic carbocycles. The molecule has 3 aromatic rings. The van der Waals surface area contributed by atoms with Gasteiger partial charge in [0.2, 0.25) is 5.91 Å². The molecule has 1 amide bonds. The van der Waals surface area contributed by atoms with E-state index in [1.165, 1.54) is 0 Å². The Kier molecular flexibility index (Phi) is 5.10. The van der Waals surface area contributed by atoms with Crippen LogP contribution in [0.4, 0.5) is 11.5 Å². The van der Waals surface area contributed by atoms with E-state index in [0.29, 0.717) is 6.54 Å². The SMILES string of the molecule is O=C(Nc1ccccc1)C1CCCN(c2cc(-c3ccccc3)ncn2)C1. The van der Waals surface area contributed by atoms with Gasteiger partial charge >= 0.3 is 0 Å². The lowest BCUT2D eigenvalue weighted by molar-refractivity contribution is -0.120. The van der Waals surface area contributed by atoms with Crippen LogP contribution in [0.25, 0.3) is 11.3 Å². The maximum atomic E-state index is 12.7. The van der Waals surface area contributed by atoms with Crippen molar-refractivity contribution >= 4 is 17.4 Å². The largest absolute Gasteiger partial charge is 0.356 e. The Bertz CT molecular complexity index is 898. The first kappa shape index (κ1) is 17.2. The summed E-state index contributed by atoms with van der Waals surface area (Å²) in [4.78, 5) is 23.7. The molecule has 1 N–H and O–H groups in total. The minimum absolute atomic E-state index is 0.0471. The second kappa shape index (κ2) is 7.99. The van der Waals surface area contributed by atoms with Crippen LogP contribution < -0.4 is 10.2 Å². The molecule has 1 saturated heterocycles. The molecule has 0 aliphatic carbocycles. The van der Waals surface area contributed by atoms with Crippen LogP contribution >= 0.6 is 0 Å². The third-order valence-corrected chi connectivity index (χ3v) is 4.88. The predicted octanol–water partition coefficient (Wildman–Crippen LogP) is 4.00. The van der Waals surface area contributed by atoms with E-state index < -0.39 is 0 Å². The zero-order valence-electron chi connectivity index (χ0n) is 15.1. The van der Waals surface area contributed by atoms with Gasteiger partial charge in [0, 0.05) is 30.4 Å². The van der Waals surface area contributed by atoms with E-state index >= 15 is 0 Å². The summed E-state index contributed by atoms with van der Waals surface area (Å²) in [5, 5.41) is 3.02. The number of para-hydroxylation sites is 1. The number of nitrogens with zero attached hydrogens (tertiary/aromatic N) is 3. The lowest BCUT2D eigenvalue weighted by atomic mass is 9.97. The number of amides is 1. The van der Waals surface area contributed by atoms with Gasteiger partial charge in [-0.1, -0.05) is 48.5 Å². The van der Waals surface area contributed by atoms with Crippen LogP contribution in [0.15, 0.2) is 73.1 Å². The molecule has 1 aliphatic heterocycles. The molecule has 0 spiro atoms. The van der Waals surface area contributed by atoms with E-state index in [4.69, 9.17) is 0 Å². The van der Waals surface area contributed by atoms with Crippen LogP contribution in [0.5, 0.6) is 0 Å². The molecule has 1 fully saturated rings. The number of anilines is 2. The van der Waals surface area contributed by atoms with Crippen molar-refractivity contribution in [3.63, 3.8) is 0 Å². The first-order chi connectivity index (χ1) is 13.3. The van der Waals surface area contributed by atoms with Crippen molar-refractivity contribution in [3.05, 3.63) is 73.1 Å². The molecular formula is C22H22N4O. The Morgan fingerprint density at radius 3 is 2.52 bits per heavy atom. The van der Waals surface area contributed by atoms with E-state index in [2.05, 4.69) is 20.2 Å². The highest BCUT2D eigenvalue weighted by Gasteiger charge is 2.26. The lowest BCUT2D eigenvalue weighted by Crippen LogP contribution is -2.41. The van der Waals surface area contributed by atoms with Crippen molar-refractivity contribution in [1.82, 2.24) is 9.97 Å². The average molecular weight is 358 g/mol. The van der Waals surface area contributed by atoms with Crippen molar-refractivity contribution in [3.8, 4) is 11.3 Å². The van der Waals surface area contributed by atoms with Crippen LogP contribution in [-0.2, 0) is 4.79 Å². The highest BCUT2D eigenvalue weighted by Crippen LogP contribution is 2.25. The Morgan fingerprint density at radius 1 is 1.00 bits per heavy atom. The summed E-state index contributed by atoms with van der Waals surface area (Å²) in [6, 6.07) is 21.7. The second-order valence-corrected chi connectivity index (χ2v) is 6.77. The quantitative estimate of drug-likeness (QED) is 0.766. The van der Waals surface area contributed by atoms with Crippen molar-refractivity contribution in [2.24, 2.45) is 5.92 Å². The molecule has 0 radical (unpaired) electrons. The summed E-state index contributed by atoms with van der Waals surface area (Å²) in [5.41, 5.74) is 2.81. The van der Waals surface area contributed by atoms with Crippen molar-refractivity contribution in [2.45, 2.75) is 12.8 Å². The molecule has 5 heteroatoms. The van der Waals surface area contributed by atoms with E-state index in [0.717, 1.165) is 42.1 Å². The first-order valence-corrected chi connectivity index (χ1v) is 9.28. The Morgan fingerprint density at radius 2 is 1.74 bits per heavy atom. The zero-order chi connectivity index (χ0) is 18.5. The number of aromatic nitrogens is 2. The number of hydrogen-bond acceptors (Lipinski definition) is 4. The maximum Gasteiger partial charge on any atom is 0.229 e. The number of hydrogen-bond donors (Lipinski definition) is 1. The maximum absolute atomic E-state index is 12.7. The summed E-state index contributed by atoms with van der Waals surface area (Å²) in [5.74, 6) is 0.901. The van der Waals surface area contributed by atoms with Crippen molar-refractivity contribution in [2.75, 3.05) is 23.3 Å². The normalized spacial score (nSPS) is 16.7. The molecule has 2 heterocycles. The Hall–Kier alpha value is -3.21. The molecule has 27 heavy (non-hydrogen) atoms. The fourth-order valence-electron chi connectivity index (χ4n) is 3.45. The second-order valence-electron chi connectivity index (χ2n) is 6.77. The highest BCUT2D eigenvalue weighted by atomic mass is 16.1. The van der Waals surface area contributed by atoms with Gasteiger partial charge in [-0.2, -0.15) is 0 Å². The predicted molar refractivity (Wildman–Crippen MR) is 107 cm³/mol. The van der Waals surface area contributed by atoms with Crippen LogP contribution in [0.3, 0.4) is 0 Å². The van der Waals surface area contributed by atoms with Gasteiger partial charge < -0.3 is 10.2 Å². The van der Waals surface area contributed by atoms with Crippen LogP contribution in [0, 0.1) is 5.92 Å². The number of carbonyl (C=O) groups is 1. The number of benzene rings is 2. The van der Waals surface area contributed by atoms with Crippen molar-refractivity contribution in [1.29, 1.82) is 0 Å².